The maximum atomic E-state index is 11.8. The van der Waals surface area contributed by atoms with Gasteiger partial charge < -0.3 is 15.2 Å². The normalized spacial score (nSPS) is 10.0. The minimum Gasteiger partial charge on any atom is -0.508 e. The fourth-order valence-electron chi connectivity index (χ4n) is 2.08. The van der Waals surface area contributed by atoms with Gasteiger partial charge in [-0.05, 0) is 49.7 Å². The van der Waals surface area contributed by atoms with Crippen LogP contribution in [-0.4, -0.2) is 29.6 Å². The van der Waals surface area contributed by atoms with E-state index in [4.69, 9.17) is 9.84 Å². The zero-order valence-electron chi connectivity index (χ0n) is 13.8. The fraction of sp³-hybridized carbons (Fsp3) is 0.167. The van der Waals surface area contributed by atoms with Gasteiger partial charge in [0.15, 0.2) is 6.61 Å². The van der Waals surface area contributed by atoms with E-state index >= 15 is 0 Å². The number of anilines is 1. The Morgan fingerprint density at radius 2 is 1.72 bits per heavy atom. The molecule has 0 fully saturated rings. The Kier molecular flexibility index (Phi) is 5.73. The molecule has 2 rings (SSSR count). The number of phenols is 1. The van der Waals surface area contributed by atoms with Crippen LogP contribution >= 0.6 is 0 Å². The summed E-state index contributed by atoms with van der Waals surface area (Å²) in [7, 11) is 0. The lowest BCUT2D eigenvalue weighted by Crippen LogP contribution is -2.37. The third-order valence-corrected chi connectivity index (χ3v) is 3.32. The fourth-order valence-corrected chi connectivity index (χ4v) is 2.08. The van der Waals surface area contributed by atoms with E-state index in [-0.39, 0.29) is 11.3 Å². The lowest BCUT2D eigenvalue weighted by Gasteiger charge is -2.10. The van der Waals surface area contributed by atoms with E-state index in [1.54, 1.807) is 6.07 Å². The molecular formula is C18H18N2O5. The average molecular weight is 342 g/mol. The molecule has 0 aliphatic carbocycles. The van der Waals surface area contributed by atoms with Crippen LogP contribution < -0.4 is 10.6 Å². The molecule has 130 valence electrons. The first-order valence-electron chi connectivity index (χ1n) is 7.49. The number of esters is 1. The maximum absolute atomic E-state index is 11.8. The highest BCUT2D eigenvalue weighted by molar-refractivity contribution is 6.02. The average Bonchev–Trinajstić information content (AvgIpc) is 2.56. The molecule has 3 amide bonds. The standard InChI is InChI=1S/C18H18N2O5/c1-11-3-8-15(12(2)9-11)19-18(24)20-16(22)10-25-17(23)13-4-6-14(21)7-5-13/h3-9,21H,10H2,1-2H3,(H2,19,20,22,24). The molecule has 3 N–H and O–H groups in total. The van der Waals surface area contributed by atoms with Gasteiger partial charge in [-0.25, -0.2) is 9.59 Å². The van der Waals surface area contributed by atoms with Crippen molar-refractivity contribution in [2.24, 2.45) is 0 Å². The Hall–Kier alpha value is -3.35. The van der Waals surface area contributed by atoms with Crippen LogP contribution in [0.15, 0.2) is 42.5 Å². The second-order valence-corrected chi connectivity index (χ2v) is 5.44. The minimum atomic E-state index is -0.755. The van der Waals surface area contributed by atoms with Crippen molar-refractivity contribution in [3.63, 3.8) is 0 Å². The summed E-state index contributed by atoms with van der Waals surface area (Å²) in [5.41, 5.74) is 2.68. The largest absolute Gasteiger partial charge is 0.508 e. The van der Waals surface area contributed by atoms with Gasteiger partial charge in [0.05, 0.1) is 5.56 Å². The smallest absolute Gasteiger partial charge is 0.338 e. The summed E-state index contributed by atoms with van der Waals surface area (Å²) in [6.07, 6.45) is 0. The number of phenolic OH excluding ortho intramolecular Hbond substituents is 1. The highest BCUT2D eigenvalue weighted by atomic mass is 16.5. The molecule has 0 aliphatic rings. The highest BCUT2D eigenvalue weighted by Gasteiger charge is 2.13. The van der Waals surface area contributed by atoms with Crippen molar-refractivity contribution in [3.8, 4) is 5.75 Å². The molecule has 0 bridgehead atoms. The van der Waals surface area contributed by atoms with E-state index in [1.165, 1.54) is 24.3 Å². The first-order valence-corrected chi connectivity index (χ1v) is 7.49. The molecule has 0 aliphatic heterocycles. The quantitative estimate of drug-likeness (QED) is 0.741. The zero-order valence-corrected chi connectivity index (χ0v) is 13.8. The number of aromatic hydroxyl groups is 1. The van der Waals surface area contributed by atoms with Crippen molar-refractivity contribution >= 4 is 23.6 Å². The molecule has 0 spiro atoms. The summed E-state index contributed by atoms with van der Waals surface area (Å²) < 4.78 is 4.81. The Balaban J connectivity index is 1.82. The molecule has 0 saturated carbocycles. The second-order valence-electron chi connectivity index (χ2n) is 5.44. The molecule has 0 unspecified atom stereocenters. The Labute approximate surface area is 144 Å². The van der Waals surface area contributed by atoms with Crippen LogP contribution in [0.2, 0.25) is 0 Å². The number of benzene rings is 2. The van der Waals surface area contributed by atoms with Gasteiger partial charge in [0, 0.05) is 5.69 Å². The molecule has 0 radical (unpaired) electrons. The highest BCUT2D eigenvalue weighted by Crippen LogP contribution is 2.15. The van der Waals surface area contributed by atoms with Gasteiger partial charge in [0.1, 0.15) is 5.75 Å². The lowest BCUT2D eigenvalue weighted by molar-refractivity contribution is -0.123. The molecule has 0 saturated heterocycles. The first-order chi connectivity index (χ1) is 11.8. The molecule has 0 heterocycles. The number of ether oxygens (including phenoxy) is 1. The molecule has 0 atom stereocenters. The minimum absolute atomic E-state index is 0.0114. The third-order valence-electron chi connectivity index (χ3n) is 3.32. The van der Waals surface area contributed by atoms with Gasteiger partial charge in [0.25, 0.3) is 5.91 Å². The van der Waals surface area contributed by atoms with Gasteiger partial charge in [0.2, 0.25) is 0 Å². The van der Waals surface area contributed by atoms with E-state index in [0.717, 1.165) is 11.1 Å². The molecule has 2 aromatic rings. The van der Waals surface area contributed by atoms with Crippen LogP contribution in [0, 0.1) is 13.8 Å². The SMILES string of the molecule is Cc1ccc(NC(=O)NC(=O)COC(=O)c2ccc(O)cc2)c(C)c1. The van der Waals surface area contributed by atoms with Crippen molar-refractivity contribution in [3.05, 3.63) is 59.2 Å². The number of carbonyl (C=O) groups excluding carboxylic acids is 3. The number of rotatable bonds is 4. The number of hydrogen-bond donors (Lipinski definition) is 3. The van der Waals surface area contributed by atoms with Crippen LogP contribution in [0.4, 0.5) is 10.5 Å². The Morgan fingerprint density at radius 1 is 1.04 bits per heavy atom. The predicted octanol–water partition coefficient (Wildman–Crippen LogP) is 2.51. The van der Waals surface area contributed by atoms with Crippen molar-refractivity contribution in [2.75, 3.05) is 11.9 Å². The molecule has 0 aromatic heterocycles. The number of nitrogens with one attached hydrogen (secondary N) is 2. The molecular weight excluding hydrogens is 324 g/mol. The van der Waals surface area contributed by atoms with Gasteiger partial charge in [-0.2, -0.15) is 0 Å². The van der Waals surface area contributed by atoms with Crippen LogP contribution in [0.5, 0.6) is 5.75 Å². The summed E-state index contributed by atoms with van der Waals surface area (Å²) in [4.78, 5) is 35.2. The topological polar surface area (TPSA) is 105 Å². The molecule has 7 heteroatoms. The van der Waals surface area contributed by atoms with E-state index in [2.05, 4.69) is 10.6 Å². The van der Waals surface area contributed by atoms with Crippen molar-refractivity contribution in [1.29, 1.82) is 0 Å². The predicted molar refractivity (Wildman–Crippen MR) is 91.5 cm³/mol. The van der Waals surface area contributed by atoms with Crippen LogP contribution in [0.25, 0.3) is 0 Å². The number of carbonyl (C=O) groups is 3. The molecule has 7 nitrogen and oxygen atoms in total. The van der Waals surface area contributed by atoms with Crippen molar-refractivity contribution in [1.82, 2.24) is 5.32 Å². The summed E-state index contributed by atoms with van der Waals surface area (Å²) in [6, 6.07) is 10.1. The van der Waals surface area contributed by atoms with Crippen LogP contribution in [0.3, 0.4) is 0 Å². The second kappa shape index (κ2) is 7.96. The van der Waals surface area contributed by atoms with E-state index < -0.39 is 24.5 Å². The lowest BCUT2D eigenvalue weighted by atomic mass is 10.1. The summed E-state index contributed by atoms with van der Waals surface area (Å²) in [5.74, 6) is -1.48. The Morgan fingerprint density at radius 3 is 2.36 bits per heavy atom. The summed E-state index contributed by atoms with van der Waals surface area (Å²) in [6.45, 7) is 3.17. The van der Waals surface area contributed by atoms with Gasteiger partial charge in [-0.1, -0.05) is 17.7 Å². The van der Waals surface area contributed by atoms with Crippen molar-refractivity contribution in [2.45, 2.75) is 13.8 Å². The van der Waals surface area contributed by atoms with Gasteiger partial charge in [-0.3, -0.25) is 10.1 Å². The number of urea groups is 1. The number of hydrogen-bond acceptors (Lipinski definition) is 5. The number of amides is 3. The van der Waals surface area contributed by atoms with Gasteiger partial charge in [-0.15, -0.1) is 0 Å². The molecule has 25 heavy (non-hydrogen) atoms. The van der Waals surface area contributed by atoms with Gasteiger partial charge >= 0.3 is 12.0 Å². The Bertz CT molecular complexity index is 800. The third kappa shape index (κ3) is 5.35. The maximum Gasteiger partial charge on any atom is 0.338 e. The number of imide groups is 1. The van der Waals surface area contributed by atoms with Crippen molar-refractivity contribution < 1.29 is 24.2 Å². The van der Waals surface area contributed by atoms with E-state index in [9.17, 15) is 14.4 Å². The zero-order chi connectivity index (χ0) is 18.4. The first kappa shape index (κ1) is 18.0. The summed E-state index contributed by atoms with van der Waals surface area (Å²) >= 11 is 0. The van der Waals surface area contributed by atoms with Crippen LogP contribution in [0.1, 0.15) is 21.5 Å². The van der Waals surface area contributed by atoms with Crippen LogP contribution in [-0.2, 0) is 9.53 Å². The van der Waals surface area contributed by atoms with E-state index in [1.807, 2.05) is 26.0 Å². The molecule has 2 aromatic carbocycles. The number of aryl methyl sites for hydroxylation is 2. The summed E-state index contributed by atoms with van der Waals surface area (Å²) in [5, 5.41) is 13.8. The van der Waals surface area contributed by atoms with E-state index in [0.29, 0.717) is 5.69 Å². The monoisotopic (exact) mass is 342 g/mol.